The van der Waals surface area contributed by atoms with E-state index in [1.54, 1.807) is 0 Å². The molecule has 3 fully saturated rings. The van der Waals surface area contributed by atoms with Gasteiger partial charge >= 0.3 is 0 Å². The van der Waals surface area contributed by atoms with Gasteiger partial charge in [-0.15, -0.1) is 0 Å². The van der Waals surface area contributed by atoms with Crippen LogP contribution in [0.1, 0.15) is 71.1 Å². The highest BCUT2D eigenvalue weighted by Gasteiger charge is 2.45. The zero-order chi connectivity index (χ0) is 31.4. The minimum Gasteiger partial charge on any atom is -0.377 e. The van der Waals surface area contributed by atoms with Crippen molar-refractivity contribution in [1.82, 2.24) is 25.2 Å². The molecule has 0 radical (unpaired) electrons. The number of anilines is 2. The maximum atomic E-state index is 14.5. The first-order valence-corrected chi connectivity index (χ1v) is 16.6. The van der Waals surface area contributed by atoms with E-state index in [2.05, 4.69) is 56.6 Å². The summed E-state index contributed by atoms with van der Waals surface area (Å²) in [7, 11) is 0. The number of allylic oxidation sites excluding steroid dienone is 1. The molecule has 44 heavy (non-hydrogen) atoms. The number of pyridine rings is 1. The molecule has 0 aliphatic carbocycles. The van der Waals surface area contributed by atoms with Crippen molar-refractivity contribution < 1.29 is 18.3 Å². The second kappa shape index (κ2) is 14.6. The molecule has 244 valence electrons. The van der Waals surface area contributed by atoms with Crippen LogP contribution in [0.5, 0.6) is 0 Å². The van der Waals surface area contributed by atoms with Crippen LogP contribution in [-0.2, 0) is 16.0 Å². The Morgan fingerprint density at radius 2 is 1.89 bits per heavy atom. The predicted octanol–water partition coefficient (Wildman–Crippen LogP) is 4.37. The Morgan fingerprint density at radius 1 is 1.11 bits per heavy atom. The van der Waals surface area contributed by atoms with Crippen LogP contribution in [0.2, 0.25) is 0 Å². The summed E-state index contributed by atoms with van der Waals surface area (Å²) in [4.78, 5) is 25.5. The Hall–Kier alpha value is -2.76. The third-order valence-corrected chi connectivity index (χ3v) is 9.83. The number of rotatable bonds is 4. The Kier molecular flexibility index (Phi) is 10.8. The van der Waals surface area contributed by atoms with Gasteiger partial charge in [0.05, 0.1) is 19.3 Å². The van der Waals surface area contributed by atoms with Crippen molar-refractivity contribution >= 4 is 17.4 Å². The van der Waals surface area contributed by atoms with Crippen molar-refractivity contribution in [2.75, 3.05) is 75.4 Å². The molecule has 1 N–H and O–H groups in total. The average Bonchev–Trinajstić information content (AvgIpc) is 3.31. The first-order chi connectivity index (χ1) is 21.4. The topological polar surface area (TPSA) is 67.4 Å². The quantitative estimate of drug-likeness (QED) is 0.502. The smallest absolute Gasteiger partial charge is 0.280 e. The number of nitrogens with one attached hydrogen (secondary N) is 1. The number of carbonyl (C=O) groups excluding carboxylic acids is 1. The van der Waals surface area contributed by atoms with Gasteiger partial charge in [0.1, 0.15) is 11.5 Å². The standard InChI is InChI=1S/C31H45F2N7O2.C2H6/c1-4-29(41)38-13-11-36(12-14-38)27-19-39-25(27)8-5-7-23-26(39)17-28(35-30(23)31(32)33)37-10-6-9-24-21(2)18-34-40(24)22(3)20-42-16-15-37;1-2/h4,17,22,25,27,31,34H,1,5-16,18-20H2,2-3H3;1-2H3/t22-,25?,27?;/m1./s1. The third-order valence-electron chi connectivity index (χ3n) is 9.83. The lowest BCUT2D eigenvalue weighted by molar-refractivity contribution is -0.128. The number of fused-ring (bicyclic) bond motifs is 4. The molecule has 1 amide bonds. The van der Waals surface area contributed by atoms with Gasteiger partial charge < -0.3 is 24.4 Å². The molecule has 6 heterocycles. The minimum absolute atomic E-state index is 0.0111. The Labute approximate surface area is 261 Å². The van der Waals surface area contributed by atoms with E-state index in [9.17, 15) is 13.6 Å². The molecule has 9 nitrogen and oxygen atoms in total. The Bertz CT molecular complexity index is 1200. The summed E-state index contributed by atoms with van der Waals surface area (Å²) < 4.78 is 35.1. The number of ether oxygens (including phenoxy) is 1. The number of nitrogens with zero attached hydrogens (tertiary/aromatic N) is 6. The van der Waals surface area contributed by atoms with Crippen LogP contribution in [0.4, 0.5) is 20.3 Å². The summed E-state index contributed by atoms with van der Waals surface area (Å²) in [5.74, 6) is 0.621. The van der Waals surface area contributed by atoms with Crippen molar-refractivity contribution in [3.8, 4) is 0 Å². The summed E-state index contributed by atoms with van der Waals surface area (Å²) in [6.45, 7) is 19.2. The van der Waals surface area contributed by atoms with Gasteiger partial charge in [-0.3, -0.25) is 9.69 Å². The molecule has 5 aliphatic rings. The molecular weight excluding hydrogens is 564 g/mol. The highest BCUT2D eigenvalue weighted by atomic mass is 19.3. The average molecular weight is 616 g/mol. The number of halogens is 2. The summed E-state index contributed by atoms with van der Waals surface area (Å²) in [5.41, 5.74) is 7.75. The van der Waals surface area contributed by atoms with Gasteiger partial charge in [-0.05, 0) is 57.6 Å². The largest absolute Gasteiger partial charge is 0.377 e. The van der Waals surface area contributed by atoms with Crippen LogP contribution in [0.3, 0.4) is 0 Å². The fraction of sp³-hybridized carbons (Fsp3) is 0.697. The molecular formula is C33H51F2N7O2. The van der Waals surface area contributed by atoms with Gasteiger partial charge in [-0.25, -0.2) is 19.2 Å². The normalized spacial score (nSPS) is 26.5. The van der Waals surface area contributed by atoms with Crippen LogP contribution in [0.15, 0.2) is 30.0 Å². The van der Waals surface area contributed by atoms with Gasteiger partial charge in [0.25, 0.3) is 6.43 Å². The van der Waals surface area contributed by atoms with Crippen molar-refractivity contribution in [1.29, 1.82) is 0 Å². The summed E-state index contributed by atoms with van der Waals surface area (Å²) in [6.07, 6.45) is 3.07. The van der Waals surface area contributed by atoms with Crippen LogP contribution in [0.25, 0.3) is 0 Å². The number of carbonyl (C=O) groups is 1. The lowest BCUT2D eigenvalue weighted by Gasteiger charge is -2.55. The zero-order valence-electron chi connectivity index (χ0n) is 27.0. The van der Waals surface area contributed by atoms with Gasteiger partial charge in [0, 0.05) is 87.5 Å². The van der Waals surface area contributed by atoms with E-state index in [1.165, 1.54) is 17.3 Å². The molecule has 2 unspecified atom stereocenters. The molecule has 1 aromatic heterocycles. The van der Waals surface area contributed by atoms with Crippen molar-refractivity contribution in [2.45, 2.75) is 84.4 Å². The lowest BCUT2D eigenvalue weighted by atomic mass is 9.90. The molecule has 3 atom stereocenters. The van der Waals surface area contributed by atoms with E-state index in [1.807, 2.05) is 18.7 Å². The van der Waals surface area contributed by atoms with E-state index in [0.29, 0.717) is 56.7 Å². The number of hydrogen-bond acceptors (Lipinski definition) is 8. The second-order valence-corrected chi connectivity index (χ2v) is 12.4. The monoisotopic (exact) mass is 615 g/mol. The highest BCUT2D eigenvalue weighted by Crippen LogP contribution is 2.43. The fourth-order valence-corrected chi connectivity index (χ4v) is 7.47. The molecule has 6 rings (SSSR count). The van der Waals surface area contributed by atoms with E-state index >= 15 is 0 Å². The molecule has 0 aromatic carbocycles. The van der Waals surface area contributed by atoms with Crippen LogP contribution in [-0.4, -0.2) is 109 Å². The molecule has 3 saturated heterocycles. The fourth-order valence-electron chi connectivity index (χ4n) is 7.47. The van der Waals surface area contributed by atoms with E-state index < -0.39 is 6.43 Å². The predicted molar refractivity (Wildman–Crippen MR) is 171 cm³/mol. The number of hydrogen-bond donors (Lipinski definition) is 1. The van der Waals surface area contributed by atoms with Gasteiger partial charge in [-0.2, -0.15) is 0 Å². The second-order valence-electron chi connectivity index (χ2n) is 12.4. The van der Waals surface area contributed by atoms with Gasteiger partial charge in [-0.1, -0.05) is 20.4 Å². The number of alkyl halides is 2. The minimum atomic E-state index is -2.62. The SMILES string of the molecule is C=CC(=O)N1CCN(C2CN3c4cc(N5CCCC6=C(C)CNN6[C@H](C)COCC5)nc(C(F)F)c4CCCC23)CC1.CC. The molecule has 5 aliphatic heterocycles. The number of piperazine rings is 1. The molecule has 11 heteroatoms. The molecule has 0 spiro atoms. The number of amides is 1. The third kappa shape index (κ3) is 6.60. The summed E-state index contributed by atoms with van der Waals surface area (Å²) in [6, 6.07) is 2.96. The van der Waals surface area contributed by atoms with Crippen molar-refractivity contribution in [2.24, 2.45) is 0 Å². The maximum Gasteiger partial charge on any atom is 0.280 e. The number of aromatic nitrogens is 1. The van der Waals surface area contributed by atoms with E-state index in [4.69, 9.17) is 4.74 Å². The van der Waals surface area contributed by atoms with Gasteiger partial charge in [0.2, 0.25) is 5.91 Å². The number of hydrazine groups is 1. The zero-order valence-corrected chi connectivity index (χ0v) is 27.0. The summed E-state index contributed by atoms with van der Waals surface area (Å²) in [5, 5.41) is 2.25. The van der Waals surface area contributed by atoms with Crippen molar-refractivity contribution in [3.05, 3.63) is 41.2 Å². The van der Waals surface area contributed by atoms with Gasteiger partial charge in [0.15, 0.2) is 0 Å². The highest BCUT2D eigenvalue weighted by molar-refractivity contribution is 5.87. The Morgan fingerprint density at radius 3 is 2.61 bits per heavy atom. The first-order valence-electron chi connectivity index (χ1n) is 16.6. The Balaban J connectivity index is 0.00000188. The first kappa shape index (κ1) is 32.6. The molecule has 0 saturated carbocycles. The van der Waals surface area contributed by atoms with E-state index in [-0.39, 0.29) is 23.7 Å². The molecule has 1 aromatic rings. The van der Waals surface area contributed by atoms with Crippen LogP contribution >= 0.6 is 0 Å². The molecule has 0 bridgehead atoms. The van der Waals surface area contributed by atoms with Crippen LogP contribution < -0.4 is 15.2 Å². The summed E-state index contributed by atoms with van der Waals surface area (Å²) >= 11 is 0. The lowest BCUT2D eigenvalue weighted by Crippen LogP contribution is -2.69. The van der Waals surface area contributed by atoms with E-state index in [0.717, 1.165) is 64.1 Å². The maximum absolute atomic E-state index is 14.5. The van der Waals surface area contributed by atoms with Crippen molar-refractivity contribution in [3.63, 3.8) is 0 Å². The van der Waals surface area contributed by atoms with Crippen LogP contribution in [0, 0.1) is 0 Å².